The fourth-order valence-electron chi connectivity index (χ4n) is 2.30. The number of ether oxygens (including phenoxy) is 1. The zero-order valence-corrected chi connectivity index (χ0v) is 16.4. The molecule has 2 heterocycles. The second-order valence-corrected chi connectivity index (χ2v) is 6.88. The van der Waals surface area contributed by atoms with Gasteiger partial charge in [0.2, 0.25) is 0 Å². The summed E-state index contributed by atoms with van der Waals surface area (Å²) < 4.78 is 6.33. The molecule has 10 heteroatoms. The van der Waals surface area contributed by atoms with Crippen molar-refractivity contribution in [3.63, 3.8) is 0 Å². The number of aromatic nitrogens is 2. The minimum absolute atomic E-state index is 0.212. The Labute approximate surface area is 173 Å². The second kappa shape index (κ2) is 8.60. The van der Waals surface area contributed by atoms with Crippen molar-refractivity contribution in [2.24, 2.45) is 0 Å². The lowest BCUT2D eigenvalue weighted by Gasteiger charge is -2.08. The fourth-order valence-corrected chi connectivity index (χ4v) is 2.76. The summed E-state index contributed by atoms with van der Waals surface area (Å²) in [5.41, 5.74) is 0.545. The normalized spacial score (nSPS) is 10.7. The Hall–Kier alpha value is -2.61. The lowest BCUT2D eigenvalue weighted by Crippen LogP contribution is -2.30. The molecule has 0 radical (unpaired) electrons. The number of nitrogens with zero attached hydrogens (tertiary/aromatic N) is 2. The molecule has 2 aromatic heterocycles. The van der Waals surface area contributed by atoms with Crippen LogP contribution >= 0.6 is 34.8 Å². The van der Waals surface area contributed by atoms with Gasteiger partial charge in [-0.15, -0.1) is 0 Å². The molecule has 0 atom stereocenters. The van der Waals surface area contributed by atoms with Gasteiger partial charge in [0.05, 0.1) is 20.8 Å². The summed E-state index contributed by atoms with van der Waals surface area (Å²) in [6, 6.07) is 8.76. The summed E-state index contributed by atoms with van der Waals surface area (Å²) in [4.78, 5) is 40.2. The Morgan fingerprint density at radius 2 is 1.86 bits per heavy atom. The molecule has 3 aromatic rings. The van der Waals surface area contributed by atoms with Gasteiger partial charge in [0.1, 0.15) is 18.8 Å². The monoisotopic (exact) mass is 439 g/mol. The lowest BCUT2D eigenvalue weighted by molar-refractivity contribution is -0.143. The van der Waals surface area contributed by atoms with Crippen molar-refractivity contribution in [1.82, 2.24) is 14.7 Å². The second-order valence-electron chi connectivity index (χ2n) is 5.63. The molecule has 0 saturated heterocycles. The van der Waals surface area contributed by atoms with Crippen LogP contribution in [0.3, 0.4) is 0 Å². The molecular weight excluding hydrogens is 429 g/mol. The SMILES string of the molecule is O=C(CNC(=O)c1ccc(Cl)c(Cl)c1)OCc1cc(=O)n2cc(Cl)ccc2n1. The average molecular weight is 441 g/mol. The number of rotatable bonds is 5. The number of carbonyl (C=O) groups is 2. The summed E-state index contributed by atoms with van der Waals surface area (Å²) in [7, 11) is 0. The Bertz CT molecular complexity index is 1130. The van der Waals surface area contributed by atoms with Crippen LogP contribution in [0.2, 0.25) is 15.1 Å². The zero-order chi connectivity index (χ0) is 20.3. The molecule has 0 aliphatic carbocycles. The molecule has 0 bridgehead atoms. The van der Waals surface area contributed by atoms with Crippen molar-refractivity contribution >= 4 is 52.3 Å². The largest absolute Gasteiger partial charge is 0.458 e. The third-order valence-electron chi connectivity index (χ3n) is 3.63. The smallest absolute Gasteiger partial charge is 0.325 e. The van der Waals surface area contributed by atoms with Gasteiger partial charge in [-0.2, -0.15) is 0 Å². The van der Waals surface area contributed by atoms with Crippen molar-refractivity contribution in [3.05, 3.63) is 79.3 Å². The molecule has 0 aliphatic rings. The topological polar surface area (TPSA) is 89.8 Å². The van der Waals surface area contributed by atoms with Gasteiger partial charge >= 0.3 is 5.97 Å². The maximum atomic E-state index is 12.1. The first-order chi connectivity index (χ1) is 13.3. The fraction of sp³-hybridized carbons (Fsp3) is 0.111. The van der Waals surface area contributed by atoms with E-state index in [4.69, 9.17) is 39.5 Å². The van der Waals surface area contributed by atoms with E-state index >= 15 is 0 Å². The highest BCUT2D eigenvalue weighted by Crippen LogP contribution is 2.22. The molecular formula is C18H12Cl3N3O4. The number of fused-ring (bicyclic) bond motifs is 1. The molecule has 0 saturated carbocycles. The minimum atomic E-state index is -0.688. The minimum Gasteiger partial charge on any atom is -0.458 e. The van der Waals surface area contributed by atoms with Crippen LogP contribution in [0.5, 0.6) is 0 Å². The molecule has 1 amide bonds. The van der Waals surface area contributed by atoms with Crippen molar-refractivity contribution in [2.45, 2.75) is 6.61 Å². The molecule has 7 nitrogen and oxygen atoms in total. The number of halogens is 3. The van der Waals surface area contributed by atoms with Gasteiger partial charge in [-0.1, -0.05) is 34.8 Å². The van der Waals surface area contributed by atoms with Crippen molar-refractivity contribution < 1.29 is 14.3 Å². The van der Waals surface area contributed by atoms with E-state index in [0.29, 0.717) is 15.7 Å². The van der Waals surface area contributed by atoms with Crippen LogP contribution in [0.25, 0.3) is 5.65 Å². The standard InChI is InChI=1S/C18H12Cl3N3O4/c19-11-2-4-15-23-12(6-16(25)24(15)8-11)9-28-17(26)7-22-18(27)10-1-3-13(20)14(21)5-10/h1-6,8H,7,9H2,(H,22,27). The van der Waals surface area contributed by atoms with Crippen molar-refractivity contribution in [3.8, 4) is 0 Å². The van der Waals surface area contributed by atoms with Gasteiger partial charge in [-0.05, 0) is 30.3 Å². The van der Waals surface area contributed by atoms with Crippen LogP contribution in [0, 0.1) is 0 Å². The first-order valence-corrected chi connectivity index (χ1v) is 9.03. The van der Waals surface area contributed by atoms with E-state index in [1.54, 1.807) is 12.1 Å². The summed E-state index contributed by atoms with van der Waals surface area (Å²) in [6.45, 7) is -0.572. The first kappa shape index (κ1) is 20.1. The predicted octanol–water partition coefficient (Wildman–Crippen LogP) is 3.13. The number of pyridine rings is 1. The van der Waals surface area contributed by atoms with Gasteiger partial charge < -0.3 is 10.1 Å². The Morgan fingerprint density at radius 3 is 2.61 bits per heavy atom. The molecule has 3 rings (SSSR count). The van der Waals surface area contributed by atoms with Gasteiger partial charge in [-0.25, -0.2) is 4.98 Å². The zero-order valence-electron chi connectivity index (χ0n) is 14.1. The van der Waals surface area contributed by atoms with Crippen LogP contribution in [0.1, 0.15) is 16.1 Å². The van der Waals surface area contributed by atoms with E-state index in [2.05, 4.69) is 10.3 Å². The van der Waals surface area contributed by atoms with Crippen LogP contribution in [0.4, 0.5) is 0 Å². The van der Waals surface area contributed by atoms with Crippen LogP contribution in [0.15, 0.2) is 47.4 Å². The van der Waals surface area contributed by atoms with E-state index in [9.17, 15) is 14.4 Å². The van der Waals surface area contributed by atoms with E-state index in [0.717, 1.165) is 0 Å². The summed E-state index contributed by atoms with van der Waals surface area (Å²) in [6.07, 6.45) is 1.45. The molecule has 1 aromatic carbocycles. The third kappa shape index (κ3) is 4.81. The maximum absolute atomic E-state index is 12.1. The van der Waals surface area contributed by atoms with Gasteiger partial charge in [0, 0.05) is 17.8 Å². The maximum Gasteiger partial charge on any atom is 0.325 e. The van der Waals surface area contributed by atoms with E-state index < -0.39 is 11.9 Å². The van der Waals surface area contributed by atoms with Gasteiger partial charge in [0.15, 0.2) is 0 Å². The van der Waals surface area contributed by atoms with E-state index in [1.165, 1.54) is 34.9 Å². The number of hydrogen-bond acceptors (Lipinski definition) is 5. The van der Waals surface area contributed by atoms with Crippen LogP contribution in [-0.2, 0) is 16.1 Å². The highest BCUT2D eigenvalue weighted by molar-refractivity contribution is 6.42. The Balaban J connectivity index is 1.57. The highest BCUT2D eigenvalue weighted by atomic mass is 35.5. The van der Waals surface area contributed by atoms with Gasteiger partial charge in [-0.3, -0.25) is 18.8 Å². The number of hydrogen-bond donors (Lipinski definition) is 1. The molecule has 0 aliphatic heterocycles. The third-order valence-corrected chi connectivity index (χ3v) is 4.60. The Morgan fingerprint density at radius 1 is 1.07 bits per heavy atom. The molecule has 0 fully saturated rings. The molecule has 0 spiro atoms. The molecule has 1 N–H and O–H groups in total. The number of amides is 1. The summed E-state index contributed by atoms with van der Waals surface area (Å²) in [5.74, 6) is -1.19. The number of carbonyl (C=O) groups excluding carboxylic acids is 2. The van der Waals surface area contributed by atoms with Gasteiger partial charge in [0.25, 0.3) is 11.5 Å². The number of esters is 1. The average Bonchev–Trinajstić information content (AvgIpc) is 2.67. The number of nitrogens with one attached hydrogen (secondary N) is 1. The first-order valence-electron chi connectivity index (χ1n) is 7.90. The van der Waals surface area contributed by atoms with Crippen LogP contribution in [-0.4, -0.2) is 27.8 Å². The molecule has 28 heavy (non-hydrogen) atoms. The molecule has 0 unspecified atom stereocenters. The summed E-state index contributed by atoms with van der Waals surface area (Å²) >= 11 is 17.5. The quantitative estimate of drug-likeness (QED) is 0.616. The highest BCUT2D eigenvalue weighted by Gasteiger charge is 2.11. The van der Waals surface area contributed by atoms with Crippen molar-refractivity contribution in [1.29, 1.82) is 0 Å². The predicted molar refractivity (Wildman–Crippen MR) is 105 cm³/mol. The van der Waals surface area contributed by atoms with Crippen molar-refractivity contribution in [2.75, 3.05) is 6.54 Å². The van der Waals surface area contributed by atoms with E-state index in [1.807, 2.05) is 0 Å². The van der Waals surface area contributed by atoms with Crippen LogP contribution < -0.4 is 10.9 Å². The number of benzene rings is 1. The lowest BCUT2D eigenvalue weighted by atomic mass is 10.2. The molecule has 144 valence electrons. The van der Waals surface area contributed by atoms with E-state index in [-0.39, 0.29) is 35.0 Å². The summed E-state index contributed by atoms with van der Waals surface area (Å²) in [5, 5.41) is 3.36. The Kier molecular flexibility index (Phi) is 6.18.